The molecule has 1 amide bonds. The number of hydrogen-bond acceptors (Lipinski definition) is 3. The lowest BCUT2D eigenvalue weighted by Gasteiger charge is -2.31. The third kappa shape index (κ3) is 2.11. The second kappa shape index (κ2) is 4.92. The average molecular weight is 272 g/mol. The van der Waals surface area contributed by atoms with E-state index in [-0.39, 0.29) is 18.3 Å². The van der Waals surface area contributed by atoms with Crippen molar-refractivity contribution in [2.45, 2.75) is 19.6 Å². The van der Waals surface area contributed by atoms with E-state index < -0.39 is 6.10 Å². The fraction of sp³-hybridized carbons (Fsp3) is 0.200. The first-order valence-electron chi connectivity index (χ1n) is 6.33. The molecule has 0 fully saturated rings. The largest absolute Gasteiger partial charge is 0.477 e. The molecule has 3 rings (SSSR count). The minimum Gasteiger partial charge on any atom is -0.477 e. The van der Waals surface area contributed by atoms with E-state index in [0.717, 1.165) is 0 Å². The van der Waals surface area contributed by atoms with Crippen molar-refractivity contribution in [1.82, 2.24) is 4.98 Å². The predicted octanol–water partition coefficient (Wildman–Crippen LogP) is 2.53. The molecule has 1 aromatic heterocycles. The normalized spacial score (nSPS) is 17.6. The molecule has 1 aliphatic heterocycles. The molecule has 1 atom stereocenters. The van der Waals surface area contributed by atoms with Crippen LogP contribution in [0, 0.1) is 5.82 Å². The van der Waals surface area contributed by atoms with Crippen LogP contribution in [-0.2, 0) is 11.3 Å². The second-order valence-electron chi connectivity index (χ2n) is 4.60. The van der Waals surface area contributed by atoms with Gasteiger partial charge in [-0.2, -0.15) is 0 Å². The lowest BCUT2D eigenvalue weighted by molar-refractivity contribution is -0.125. The van der Waals surface area contributed by atoms with Crippen molar-refractivity contribution in [2.75, 3.05) is 4.90 Å². The maximum atomic E-state index is 13.8. The van der Waals surface area contributed by atoms with Gasteiger partial charge in [-0.3, -0.25) is 9.69 Å². The molecule has 0 saturated carbocycles. The van der Waals surface area contributed by atoms with E-state index in [2.05, 4.69) is 4.98 Å². The maximum absolute atomic E-state index is 13.8. The van der Waals surface area contributed by atoms with Gasteiger partial charge in [0, 0.05) is 11.8 Å². The third-order valence-electron chi connectivity index (χ3n) is 3.21. The Bertz CT molecular complexity index is 660. The molecule has 0 saturated heterocycles. The quantitative estimate of drug-likeness (QED) is 0.843. The average Bonchev–Trinajstić information content (AvgIpc) is 2.46. The molecule has 0 N–H and O–H groups in total. The number of halogens is 1. The summed E-state index contributed by atoms with van der Waals surface area (Å²) in [7, 11) is 0. The highest BCUT2D eigenvalue weighted by molar-refractivity contribution is 5.98. The monoisotopic (exact) mass is 272 g/mol. The molecule has 4 nitrogen and oxygen atoms in total. The van der Waals surface area contributed by atoms with E-state index >= 15 is 0 Å². The van der Waals surface area contributed by atoms with Gasteiger partial charge < -0.3 is 4.74 Å². The minimum absolute atomic E-state index is 0.142. The predicted molar refractivity (Wildman–Crippen MR) is 71.9 cm³/mol. The maximum Gasteiger partial charge on any atom is 0.269 e. The fourth-order valence-corrected chi connectivity index (χ4v) is 2.19. The molecular weight excluding hydrogens is 259 g/mol. The molecule has 1 aliphatic rings. The summed E-state index contributed by atoms with van der Waals surface area (Å²) in [6, 6.07) is 9.89. The number of benzene rings is 1. The summed E-state index contributed by atoms with van der Waals surface area (Å²) in [4.78, 5) is 17.9. The van der Waals surface area contributed by atoms with E-state index in [1.807, 2.05) is 0 Å². The van der Waals surface area contributed by atoms with Crippen LogP contribution in [0.2, 0.25) is 0 Å². The number of pyridine rings is 1. The van der Waals surface area contributed by atoms with Crippen LogP contribution < -0.4 is 9.64 Å². The number of amides is 1. The Balaban J connectivity index is 2.00. The van der Waals surface area contributed by atoms with Crippen LogP contribution in [0.15, 0.2) is 42.6 Å². The zero-order valence-corrected chi connectivity index (χ0v) is 10.9. The minimum atomic E-state index is -0.599. The zero-order chi connectivity index (χ0) is 14.1. The van der Waals surface area contributed by atoms with Gasteiger partial charge in [0.05, 0.1) is 6.54 Å². The molecule has 0 bridgehead atoms. The van der Waals surface area contributed by atoms with E-state index in [9.17, 15) is 9.18 Å². The second-order valence-corrected chi connectivity index (χ2v) is 4.60. The summed E-state index contributed by atoms with van der Waals surface area (Å²) in [5, 5.41) is 0. The van der Waals surface area contributed by atoms with Crippen molar-refractivity contribution in [2.24, 2.45) is 0 Å². The summed E-state index contributed by atoms with van der Waals surface area (Å²) in [5.41, 5.74) is 0.451. The molecular formula is C15H13FN2O2. The number of anilines is 1. The Morgan fingerprint density at radius 1 is 1.30 bits per heavy atom. The number of rotatable bonds is 2. The Morgan fingerprint density at radius 2 is 2.10 bits per heavy atom. The van der Waals surface area contributed by atoms with E-state index in [0.29, 0.717) is 17.1 Å². The van der Waals surface area contributed by atoms with Gasteiger partial charge in [-0.15, -0.1) is 0 Å². The van der Waals surface area contributed by atoms with Crippen molar-refractivity contribution in [3.63, 3.8) is 0 Å². The van der Waals surface area contributed by atoms with Crippen molar-refractivity contribution in [3.8, 4) is 5.75 Å². The van der Waals surface area contributed by atoms with Crippen LogP contribution in [0.3, 0.4) is 0 Å². The van der Waals surface area contributed by atoms with Crippen LogP contribution in [0.5, 0.6) is 5.75 Å². The first kappa shape index (κ1) is 12.6. The van der Waals surface area contributed by atoms with Crippen LogP contribution >= 0.6 is 0 Å². The summed E-state index contributed by atoms with van der Waals surface area (Å²) < 4.78 is 19.2. The van der Waals surface area contributed by atoms with Gasteiger partial charge in [-0.1, -0.05) is 18.2 Å². The highest BCUT2D eigenvalue weighted by Gasteiger charge is 2.32. The number of ether oxygens (including phenoxy) is 1. The molecule has 2 heterocycles. The standard InChI is InChI=1S/C15H13FN2O2/c1-10-15(19)18(9-11-5-2-3-6-12(11)16)14-13(20-10)7-4-8-17-14/h2-8,10H,9H2,1H3. The molecule has 1 unspecified atom stereocenters. The van der Waals surface area contributed by atoms with Gasteiger partial charge in [0.15, 0.2) is 17.7 Å². The fourth-order valence-electron chi connectivity index (χ4n) is 2.19. The van der Waals surface area contributed by atoms with Gasteiger partial charge >= 0.3 is 0 Å². The van der Waals surface area contributed by atoms with Crippen molar-refractivity contribution in [1.29, 1.82) is 0 Å². The highest BCUT2D eigenvalue weighted by Crippen LogP contribution is 2.32. The summed E-state index contributed by atoms with van der Waals surface area (Å²) in [6.07, 6.45) is 0.985. The number of nitrogens with zero attached hydrogens (tertiary/aromatic N) is 2. The Kier molecular flexibility index (Phi) is 3.10. The molecule has 1 aromatic carbocycles. The van der Waals surface area contributed by atoms with Gasteiger partial charge in [0.1, 0.15) is 5.82 Å². The summed E-state index contributed by atoms with van der Waals surface area (Å²) >= 11 is 0. The van der Waals surface area contributed by atoms with Crippen molar-refractivity contribution in [3.05, 3.63) is 54.0 Å². The first-order chi connectivity index (χ1) is 9.66. The molecule has 0 spiro atoms. The number of hydrogen-bond donors (Lipinski definition) is 0. The van der Waals surface area contributed by atoms with Gasteiger partial charge in [-0.25, -0.2) is 9.37 Å². The Labute approximate surface area is 115 Å². The number of fused-ring (bicyclic) bond motifs is 1. The first-order valence-corrected chi connectivity index (χ1v) is 6.33. The number of aromatic nitrogens is 1. The molecule has 5 heteroatoms. The van der Waals surface area contributed by atoms with E-state index in [1.54, 1.807) is 43.5 Å². The van der Waals surface area contributed by atoms with Crippen LogP contribution in [-0.4, -0.2) is 17.0 Å². The SMILES string of the molecule is CC1Oc2cccnc2N(Cc2ccccc2F)C1=O. The van der Waals surface area contributed by atoms with Gasteiger partial charge in [-0.05, 0) is 25.1 Å². The molecule has 2 aromatic rings. The molecule has 102 valence electrons. The summed E-state index contributed by atoms with van der Waals surface area (Å²) in [6.45, 7) is 1.82. The summed E-state index contributed by atoms with van der Waals surface area (Å²) in [5.74, 6) is 0.408. The van der Waals surface area contributed by atoms with Gasteiger partial charge in [0.25, 0.3) is 5.91 Å². The Morgan fingerprint density at radius 3 is 2.90 bits per heavy atom. The van der Waals surface area contributed by atoms with Crippen LogP contribution in [0.25, 0.3) is 0 Å². The topological polar surface area (TPSA) is 42.4 Å². The van der Waals surface area contributed by atoms with Crippen LogP contribution in [0.1, 0.15) is 12.5 Å². The zero-order valence-electron chi connectivity index (χ0n) is 10.9. The molecule has 0 aliphatic carbocycles. The van der Waals surface area contributed by atoms with Gasteiger partial charge in [0.2, 0.25) is 0 Å². The van der Waals surface area contributed by atoms with Crippen LogP contribution in [0.4, 0.5) is 10.2 Å². The Hall–Kier alpha value is -2.43. The van der Waals surface area contributed by atoms with E-state index in [1.165, 1.54) is 11.0 Å². The number of carbonyl (C=O) groups excluding carboxylic acids is 1. The van der Waals surface area contributed by atoms with Crippen molar-refractivity contribution >= 4 is 11.7 Å². The van der Waals surface area contributed by atoms with E-state index in [4.69, 9.17) is 4.74 Å². The third-order valence-corrected chi connectivity index (χ3v) is 3.21. The number of carbonyl (C=O) groups is 1. The molecule has 0 radical (unpaired) electrons. The highest BCUT2D eigenvalue weighted by atomic mass is 19.1. The lowest BCUT2D eigenvalue weighted by Crippen LogP contribution is -2.44. The molecule has 20 heavy (non-hydrogen) atoms. The van der Waals surface area contributed by atoms with Crippen molar-refractivity contribution < 1.29 is 13.9 Å². The lowest BCUT2D eigenvalue weighted by atomic mass is 10.1. The smallest absolute Gasteiger partial charge is 0.269 e.